The van der Waals surface area contributed by atoms with Crippen LogP contribution in [-0.2, 0) is 24.2 Å². The van der Waals surface area contributed by atoms with E-state index >= 15 is 0 Å². The Hall–Kier alpha value is -3.65. The second-order valence-electron chi connectivity index (χ2n) is 7.81. The van der Waals surface area contributed by atoms with Gasteiger partial charge in [-0.25, -0.2) is 18.2 Å². The van der Waals surface area contributed by atoms with Crippen molar-refractivity contribution < 1.29 is 23.1 Å². The van der Waals surface area contributed by atoms with E-state index in [1.165, 1.54) is 0 Å². The molecule has 0 saturated carbocycles. The molecule has 4 nitrogen and oxygen atoms in total. The molecule has 0 spiro atoms. The third-order valence-corrected chi connectivity index (χ3v) is 6.55. The average Bonchev–Trinajstić information content (AvgIpc) is 3.35. The van der Waals surface area contributed by atoms with Gasteiger partial charge in [-0.3, -0.25) is 4.79 Å². The molecule has 0 saturated heterocycles. The molecule has 2 heterocycles. The molecule has 5 aromatic rings. The van der Waals surface area contributed by atoms with Crippen molar-refractivity contribution in [3.63, 3.8) is 0 Å². The lowest BCUT2D eigenvalue weighted by Gasteiger charge is -2.05. The molecule has 8 heteroatoms. The first kappa shape index (κ1) is 21.2. The largest absolute Gasteiger partial charge is 0.480 e. The summed E-state index contributed by atoms with van der Waals surface area (Å²) in [7, 11) is 0. The second-order valence-corrected chi connectivity index (χ2v) is 8.89. The lowest BCUT2D eigenvalue weighted by molar-refractivity contribution is -0.137. The van der Waals surface area contributed by atoms with Gasteiger partial charge in [-0.05, 0) is 35.2 Å². The van der Waals surface area contributed by atoms with Crippen molar-refractivity contribution in [1.82, 2.24) is 9.55 Å². The molecule has 0 amide bonds. The number of halogens is 3. The molecule has 0 bridgehead atoms. The highest BCUT2D eigenvalue weighted by atomic mass is 32.1. The van der Waals surface area contributed by atoms with E-state index in [4.69, 9.17) is 0 Å². The molecule has 0 radical (unpaired) electrons. The smallest absolute Gasteiger partial charge is 0.323 e. The minimum absolute atomic E-state index is 0.0389. The molecule has 33 heavy (non-hydrogen) atoms. The lowest BCUT2D eigenvalue weighted by Crippen LogP contribution is -2.07. The van der Waals surface area contributed by atoms with E-state index in [2.05, 4.69) is 4.98 Å². The zero-order valence-electron chi connectivity index (χ0n) is 17.2. The van der Waals surface area contributed by atoms with E-state index in [0.717, 1.165) is 38.9 Å². The van der Waals surface area contributed by atoms with Crippen molar-refractivity contribution in [2.24, 2.45) is 0 Å². The Kier molecular flexibility index (Phi) is 5.38. The molecule has 0 aliphatic carbocycles. The van der Waals surface area contributed by atoms with E-state index < -0.39 is 23.4 Å². The normalized spacial score (nSPS) is 11.5. The number of rotatable bonds is 6. The molecular formula is C25H17F3N2O2S. The van der Waals surface area contributed by atoms with Crippen LogP contribution in [0.3, 0.4) is 0 Å². The van der Waals surface area contributed by atoms with E-state index in [0.29, 0.717) is 17.5 Å². The van der Waals surface area contributed by atoms with Crippen molar-refractivity contribution in [3.8, 4) is 0 Å². The fraction of sp³-hybridized carbons (Fsp3) is 0.120. The van der Waals surface area contributed by atoms with Crippen LogP contribution in [0.5, 0.6) is 0 Å². The third-order valence-electron chi connectivity index (χ3n) is 5.49. The highest BCUT2D eigenvalue weighted by Crippen LogP contribution is 2.32. The van der Waals surface area contributed by atoms with Crippen molar-refractivity contribution in [2.45, 2.75) is 19.4 Å². The predicted molar refractivity (Wildman–Crippen MR) is 121 cm³/mol. The summed E-state index contributed by atoms with van der Waals surface area (Å²) in [6, 6.07) is 16.3. The number of thiazole rings is 1. The number of hydrogen-bond acceptors (Lipinski definition) is 3. The quantitative estimate of drug-likeness (QED) is 0.316. The molecule has 5 rings (SSSR count). The zero-order chi connectivity index (χ0) is 23.1. The number of carbonyl (C=O) groups is 1. The third kappa shape index (κ3) is 4.09. The van der Waals surface area contributed by atoms with Gasteiger partial charge in [0.05, 0.1) is 9.71 Å². The summed E-state index contributed by atoms with van der Waals surface area (Å²) in [5.41, 5.74) is 3.38. The molecule has 0 fully saturated rings. The predicted octanol–water partition coefficient (Wildman–Crippen LogP) is 5.93. The first-order chi connectivity index (χ1) is 15.9. The number of fused-ring (bicyclic) bond motifs is 2. The Balaban J connectivity index is 1.58. The van der Waals surface area contributed by atoms with E-state index in [9.17, 15) is 23.1 Å². The lowest BCUT2D eigenvalue weighted by atomic mass is 10.0. The summed E-state index contributed by atoms with van der Waals surface area (Å²) < 4.78 is 43.4. The van der Waals surface area contributed by atoms with Gasteiger partial charge in [-0.2, -0.15) is 0 Å². The molecule has 2 aromatic heterocycles. The Bertz CT molecular complexity index is 1510. The summed E-state index contributed by atoms with van der Waals surface area (Å²) in [5, 5.41) is 10.6. The SMILES string of the molecule is O=C(O)Cn1cc(Cc2nc3c(F)c(F)cc(F)c3s2)c2cc(Cc3ccccc3)ccc21. The molecule has 0 aliphatic heterocycles. The monoisotopic (exact) mass is 466 g/mol. The fourth-order valence-electron chi connectivity index (χ4n) is 4.04. The number of carboxylic acids is 1. The van der Waals surface area contributed by atoms with E-state index in [-0.39, 0.29) is 23.2 Å². The fourth-order valence-corrected chi connectivity index (χ4v) is 5.03. The number of hydrogen-bond donors (Lipinski definition) is 1. The highest BCUT2D eigenvalue weighted by Gasteiger charge is 2.19. The molecular weight excluding hydrogens is 449 g/mol. The minimum Gasteiger partial charge on any atom is -0.480 e. The number of aliphatic carboxylic acids is 1. The second kappa shape index (κ2) is 8.37. The van der Waals surface area contributed by atoms with Crippen molar-refractivity contribution in [1.29, 1.82) is 0 Å². The van der Waals surface area contributed by atoms with Crippen LogP contribution in [0, 0.1) is 17.5 Å². The van der Waals surface area contributed by atoms with Gasteiger partial charge < -0.3 is 9.67 Å². The Labute approximate surface area is 190 Å². The zero-order valence-corrected chi connectivity index (χ0v) is 18.0. The maximum Gasteiger partial charge on any atom is 0.323 e. The maximum absolute atomic E-state index is 14.1. The van der Waals surface area contributed by atoms with Gasteiger partial charge in [0.25, 0.3) is 0 Å². The summed E-state index contributed by atoms with van der Waals surface area (Å²) in [6.07, 6.45) is 2.67. The minimum atomic E-state index is -1.28. The van der Waals surface area contributed by atoms with Crippen molar-refractivity contribution >= 4 is 38.4 Å². The summed E-state index contributed by atoms with van der Waals surface area (Å²) in [6.45, 7) is -0.219. The Morgan fingerprint density at radius 1 is 0.970 bits per heavy atom. The van der Waals surface area contributed by atoms with Crippen LogP contribution < -0.4 is 0 Å². The first-order valence-electron chi connectivity index (χ1n) is 10.2. The van der Waals surface area contributed by atoms with Gasteiger partial charge in [0.2, 0.25) is 0 Å². The van der Waals surface area contributed by atoms with Crippen LogP contribution >= 0.6 is 11.3 Å². The van der Waals surface area contributed by atoms with E-state index in [1.54, 1.807) is 10.8 Å². The first-order valence-corrected chi connectivity index (χ1v) is 11.0. The molecule has 1 N–H and O–H groups in total. The van der Waals surface area contributed by atoms with Crippen LogP contribution in [0.25, 0.3) is 21.1 Å². The van der Waals surface area contributed by atoms with Gasteiger partial charge in [0.1, 0.15) is 17.9 Å². The molecule has 0 atom stereocenters. The van der Waals surface area contributed by atoms with Crippen LogP contribution in [0.15, 0.2) is 60.8 Å². The van der Waals surface area contributed by atoms with Gasteiger partial charge in [-0.1, -0.05) is 36.4 Å². The summed E-state index contributed by atoms with van der Waals surface area (Å²) >= 11 is 0.962. The van der Waals surface area contributed by atoms with Crippen LogP contribution in [-0.4, -0.2) is 20.6 Å². The molecule has 0 aliphatic rings. The van der Waals surface area contributed by atoms with Crippen LogP contribution in [0.1, 0.15) is 21.7 Å². The summed E-state index contributed by atoms with van der Waals surface area (Å²) in [5.74, 6) is -4.29. The Morgan fingerprint density at radius 3 is 2.52 bits per heavy atom. The van der Waals surface area contributed by atoms with Crippen molar-refractivity contribution in [3.05, 3.63) is 99.9 Å². The van der Waals surface area contributed by atoms with E-state index in [1.807, 2.05) is 48.5 Å². The standard InChI is InChI=1S/C25H17F3N2O2S/c26-18-11-19(27)25-24(23(18)28)29-21(33-25)10-16-12-30(13-22(31)32)20-7-6-15(9-17(16)20)8-14-4-2-1-3-5-14/h1-7,9,11-12H,8,10,13H2,(H,31,32). The van der Waals surface area contributed by atoms with Gasteiger partial charge in [0.15, 0.2) is 11.6 Å². The summed E-state index contributed by atoms with van der Waals surface area (Å²) in [4.78, 5) is 15.5. The number of nitrogens with zero attached hydrogens (tertiary/aromatic N) is 2. The molecule has 0 unspecified atom stereocenters. The van der Waals surface area contributed by atoms with Crippen LogP contribution in [0.4, 0.5) is 13.2 Å². The Morgan fingerprint density at radius 2 is 1.76 bits per heavy atom. The van der Waals surface area contributed by atoms with Gasteiger partial charge >= 0.3 is 5.97 Å². The maximum atomic E-state index is 14.1. The number of carboxylic acid groups (broad SMARTS) is 1. The van der Waals surface area contributed by atoms with Gasteiger partial charge in [-0.15, -0.1) is 11.3 Å². The average molecular weight is 466 g/mol. The van der Waals surface area contributed by atoms with Crippen molar-refractivity contribution in [2.75, 3.05) is 0 Å². The van der Waals surface area contributed by atoms with Crippen LogP contribution in [0.2, 0.25) is 0 Å². The topological polar surface area (TPSA) is 55.1 Å². The number of benzene rings is 3. The van der Waals surface area contributed by atoms with Gasteiger partial charge in [0, 0.05) is 29.6 Å². The number of aromatic nitrogens is 2. The molecule has 166 valence electrons. The molecule has 3 aromatic carbocycles. The highest BCUT2D eigenvalue weighted by molar-refractivity contribution is 7.18.